The van der Waals surface area contributed by atoms with Gasteiger partial charge in [0.15, 0.2) is 0 Å². The van der Waals surface area contributed by atoms with E-state index in [1.807, 2.05) is 13.8 Å². The quantitative estimate of drug-likeness (QED) is 0.656. The van der Waals surface area contributed by atoms with Crippen molar-refractivity contribution in [2.45, 2.75) is 19.4 Å². The van der Waals surface area contributed by atoms with Gasteiger partial charge in [-0.15, -0.1) is 0 Å². The van der Waals surface area contributed by atoms with Gasteiger partial charge >= 0.3 is 0 Å². The Morgan fingerprint density at radius 2 is 2.08 bits per heavy atom. The first kappa shape index (κ1) is 19.1. The first-order valence-electron chi connectivity index (χ1n) is 8.02. The van der Waals surface area contributed by atoms with Gasteiger partial charge in [0, 0.05) is 29.2 Å². The molecule has 0 radical (unpaired) electrons. The average Bonchev–Trinajstić information content (AvgIpc) is 2.59. The van der Waals surface area contributed by atoms with Crippen LogP contribution in [0.3, 0.4) is 0 Å². The summed E-state index contributed by atoms with van der Waals surface area (Å²) in [5.74, 6) is 0.637. The first-order valence-corrected chi connectivity index (χ1v) is 8.02. The van der Waals surface area contributed by atoms with Gasteiger partial charge in [0.05, 0.1) is 18.2 Å². The van der Waals surface area contributed by atoms with Gasteiger partial charge in [-0.1, -0.05) is 12.6 Å². The lowest BCUT2D eigenvalue weighted by Crippen LogP contribution is -2.47. The van der Waals surface area contributed by atoms with Gasteiger partial charge in [-0.05, 0) is 32.0 Å². The van der Waals surface area contributed by atoms with E-state index in [0.29, 0.717) is 34.1 Å². The van der Waals surface area contributed by atoms with Crippen LogP contribution in [0.25, 0.3) is 5.70 Å². The van der Waals surface area contributed by atoms with Gasteiger partial charge in [-0.25, -0.2) is 4.98 Å². The lowest BCUT2D eigenvalue weighted by molar-refractivity contribution is 0.0880. The van der Waals surface area contributed by atoms with Gasteiger partial charge in [0.1, 0.15) is 12.4 Å². The normalized spacial score (nSPS) is 10.9. The third kappa shape index (κ3) is 4.66. The number of carbonyl (C=O) groups is 1. The molecule has 0 spiro atoms. The second-order valence-corrected chi connectivity index (χ2v) is 6.46. The maximum atomic E-state index is 12.5. The van der Waals surface area contributed by atoms with Crippen LogP contribution in [0.4, 0.5) is 5.69 Å². The van der Waals surface area contributed by atoms with Crippen molar-refractivity contribution >= 4 is 17.3 Å². The molecule has 2 aromatic rings. The van der Waals surface area contributed by atoms with E-state index in [0.717, 1.165) is 0 Å². The summed E-state index contributed by atoms with van der Waals surface area (Å²) in [6.07, 6.45) is 1.52. The fourth-order valence-electron chi connectivity index (χ4n) is 2.35. The van der Waals surface area contributed by atoms with Crippen molar-refractivity contribution in [3.63, 3.8) is 0 Å². The molecule has 1 aromatic carbocycles. The second-order valence-electron chi connectivity index (χ2n) is 6.46. The molecule has 5 N–H and O–H groups in total. The Hall–Kier alpha value is -3.22. The van der Waals surface area contributed by atoms with E-state index in [-0.39, 0.29) is 12.5 Å². The molecule has 1 heterocycles. The van der Waals surface area contributed by atoms with E-state index < -0.39 is 5.54 Å². The number of amides is 1. The molecular formula is C19H24N4O3. The molecule has 1 aromatic heterocycles. The Morgan fingerprint density at radius 3 is 2.73 bits per heavy atom. The number of hydrogen-bond acceptors (Lipinski definition) is 6. The highest BCUT2D eigenvalue weighted by Crippen LogP contribution is 2.28. The standard InChI is InChI=1S/C19H24N4O3/c1-12(20)17-14(21)6-5-7-15(17)26-11-19(2,3)23-18(24)13-8-9-22-16(10-13)25-4/h5-10H,1,11,20-21H2,2-4H3,(H,23,24). The molecule has 138 valence electrons. The van der Waals surface area contributed by atoms with Crippen molar-refractivity contribution < 1.29 is 14.3 Å². The summed E-state index contributed by atoms with van der Waals surface area (Å²) in [5, 5.41) is 2.93. The van der Waals surface area contributed by atoms with E-state index in [4.69, 9.17) is 20.9 Å². The predicted octanol–water partition coefficient (Wildman–Crippen LogP) is 2.19. The molecule has 0 aliphatic carbocycles. The van der Waals surface area contributed by atoms with Crippen molar-refractivity contribution in [3.8, 4) is 11.6 Å². The van der Waals surface area contributed by atoms with Crippen LogP contribution in [0, 0.1) is 0 Å². The Kier molecular flexibility index (Phi) is 5.71. The molecule has 26 heavy (non-hydrogen) atoms. The second kappa shape index (κ2) is 7.77. The summed E-state index contributed by atoms with van der Waals surface area (Å²) in [7, 11) is 1.50. The number of pyridine rings is 1. The molecule has 0 fully saturated rings. The minimum absolute atomic E-state index is 0.213. The number of rotatable bonds is 7. The highest BCUT2D eigenvalue weighted by atomic mass is 16.5. The van der Waals surface area contributed by atoms with Crippen LogP contribution in [0.2, 0.25) is 0 Å². The van der Waals surface area contributed by atoms with Crippen LogP contribution < -0.4 is 26.3 Å². The number of nitrogens with one attached hydrogen (secondary N) is 1. The zero-order valence-corrected chi connectivity index (χ0v) is 15.2. The summed E-state index contributed by atoms with van der Waals surface area (Å²) < 4.78 is 10.9. The van der Waals surface area contributed by atoms with Crippen molar-refractivity contribution in [1.29, 1.82) is 0 Å². The Bertz CT molecular complexity index is 818. The highest BCUT2D eigenvalue weighted by molar-refractivity contribution is 5.94. The molecule has 0 bridgehead atoms. The number of ether oxygens (including phenoxy) is 2. The molecule has 0 aliphatic heterocycles. The summed E-state index contributed by atoms with van der Waals surface area (Å²) in [5.41, 5.74) is 12.9. The number of hydrogen-bond donors (Lipinski definition) is 3. The molecule has 0 saturated carbocycles. The van der Waals surface area contributed by atoms with Crippen molar-refractivity contribution in [3.05, 3.63) is 54.2 Å². The number of methoxy groups -OCH3 is 1. The Balaban J connectivity index is 2.08. The van der Waals surface area contributed by atoms with E-state index in [1.54, 1.807) is 30.3 Å². The van der Waals surface area contributed by atoms with Crippen molar-refractivity contribution in [1.82, 2.24) is 10.3 Å². The molecule has 0 unspecified atom stereocenters. The fraction of sp³-hybridized carbons (Fsp3) is 0.263. The number of benzene rings is 1. The molecule has 1 amide bonds. The maximum Gasteiger partial charge on any atom is 0.252 e. The summed E-state index contributed by atoms with van der Waals surface area (Å²) in [6.45, 7) is 7.65. The van der Waals surface area contributed by atoms with Gasteiger partial charge in [-0.2, -0.15) is 0 Å². The van der Waals surface area contributed by atoms with Crippen molar-refractivity contribution in [2.75, 3.05) is 19.5 Å². The molecular weight excluding hydrogens is 332 g/mol. The van der Waals surface area contributed by atoms with Crippen LogP contribution in [-0.2, 0) is 0 Å². The van der Waals surface area contributed by atoms with Crippen LogP contribution >= 0.6 is 0 Å². The van der Waals surface area contributed by atoms with Crippen LogP contribution in [-0.4, -0.2) is 30.1 Å². The maximum absolute atomic E-state index is 12.5. The third-order valence-corrected chi connectivity index (χ3v) is 3.63. The number of carbonyl (C=O) groups excluding carboxylic acids is 1. The Labute approximate surface area is 153 Å². The first-order chi connectivity index (χ1) is 12.2. The van der Waals surface area contributed by atoms with Crippen molar-refractivity contribution in [2.24, 2.45) is 5.73 Å². The van der Waals surface area contributed by atoms with E-state index in [9.17, 15) is 4.79 Å². The van der Waals surface area contributed by atoms with Crippen LogP contribution in [0.5, 0.6) is 11.6 Å². The average molecular weight is 356 g/mol. The number of anilines is 1. The molecule has 7 heteroatoms. The van der Waals surface area contributed by atoms with E-state index >= 15 is 0 Å². The largest absolute Gasteiger partial charge is 0.490 e. The SMILES string of the molecule is C=C(N)c1c(N)cccc1OCC(C)(C)NC(=O)c1ccnc(OC)c1. The van der Waals surface area contributed by atoms with Gasteiger partial charge in [0.25, 0.3) is 5.91 Å². The minimum atomic E-state index is -0.647. The summed E-state index contributed by atoms with van der Waals surface area (Å²) >= 11 is 0. The van der Waals surface area contributed by atoms with Gasteiger partial charge in [0.2, 0.25) is 5.88 Å². The molecule has 0 aliphatic rings. The minimum Gasteiger partial charge on any atom is -0.490 e. The number of nitrogens with zero attached hydrogens (tertiary/aromatic N) is 1. The number of nitrogen functional groups attached to an aromatic ring is 1. The third-order valence-electron chi connectivity index (χ3n) is 3.63. The monoisotopic (exact) mass is 356 g/mol. The Morgan fingerprint density at radius 1 is 1.35 bits per heavy atom. The lowest BCUT2D eigenvalue weighted by atomic mass is 10.1. The predicted molar refractivity (Wildman–Crippen MR) is 102 cm³/mol. The lowest BCUT2D eigenvalue weighted by Gasteiger charge is -2.27. The topological polar surface area (TPSA) is 112 Å². The number of aromatic nitrogens is 1. The van der Waals surface area contributed by atoms with E-state index in [2.05, 4.69) is 16.9 Å². The smallest absolute Gasteiger partial charge is 0.252 e. The molecule has 0 atom stereocenters. The summed E-state index contributed by atoms with van der Waals surface area (Å²) in [6, 6.07) is 8.44. The fourth-order valence-corrected chi connectivity index (χ4v) is 2.35. The van der Waals surface area contributed by atoms with Crippen LogP contribution in [0.15, 0.2) is 43.1 Å². The highest BCUT2D eigenvalue weighted by Gasteiger charge is 2.23. The molecule has 2 rings (SSSR count). The summed E-state index contributed by atoms with van der Waals surface area (Å²) in [4.78, 5) is 16.5. The van der Waals surface area contributed by atoms with Gasteiger partial charge in [-0.3, -0.25) is 4.79 Å². The number of nitrogens with two attached hydrogens (primary N) is 2. The zero-order valence-electron chi connectivity index (χ0n) is 15.2. The molecule has 7 nitrogen and oxygen atoms in total. The zero-order chi connectivity index (χ0) is 19.3. The van der Waals surface area contributed by atoms with E-state index in [1.165, 1.54) is 13.3 Å². The van der Waals surface area contributed by atoms with Crippen LogP contribution in [0.1, 0.15) is 29.8 Å². The molecule has 0 saturated heterocycles. The van der Waals surface area contributed by atoms with Gasteiger partial charge < -0.3 is 26.3 Å².